The Morgan fingerprint density at radius 3 is 2.52 bits per heavy atom. The van der Waals surface area contributed by atoms with Crippen LogP contribution in [0, 0.1) is 11.8 Å². The minimum absolute atomic E-state index is 0.306. The molecule has 3 nitrogen and oxygen atoms in total. The van der Waals surface area contributed by atoms with Crippen LogP contribution >= 0.6 is 0 Å². The van der Waals surface area contributed by atoms with E-state index in [9.17, 15) is 4.79 Å². The highest BCUT2D eigenvalue weighted by molar-refractivity contribution is 5.81. The molecule has 1 saturated heterocycles. The normalized spacial score (nSPS) is 18.5. The van der Waals surface area contributed by atoms with Crippen LogP contribution in [0.25, 0.3) is 6.08 Å². The average Bonchev–Trinajstić information content (AvgIpc) is 3.54. The summed E-state index contributed by atoms with van der Waals surface area (Å²) in [6.45, 7) is 6.20. The molecule has 0 aromatic heterocycles. The maximum absolute atomic E-state index is 13.0. The number of hydrogen-bond donors (Lipinski definition) is 1. The number of nitrogens with one attached hydrogen (secondary N) is 1. The van der Waals surface area contributed by atoms with Crippen LogP contribution in [0.4, 0.5) is 0 Å². The van der Waals surface area contributed by atoms with E-state index in [2.05, 4.69) is 53.5 Å². The van der Waals surface area contributed by atoms with Crippen molar-refractivity contribution in [3.8, 4) is 0 Å². The van der Waals surface area contributed by atoms with Crippen molar-refractivity contribution in [3.63, 3.8) is 0 Å². The first-order chi connectivity index (χ1) is 13.3. The fourth-order valence-corrected chi connectivity index (χ4v) is 4.03. The number of carbonyl (C=O) groups excluding carboxylic acids is 1. The van der Waals surface area contributed by atoms with E-state index >= 15 is 0 Å². The highest BCUT2D eigenvalue weighted by Gasteiger charge is 2.34. The van der Waals surface area contributed by atoms with Gasteiger partial charge in [0, 0.05) is 19.0 Å². The highest BCUT2D eigenvalue weighted by Crippen LogP contribution is 2.32. The molecule has 0 bridgehead atoms. The van der Waals surface area contributed by atoms with Crippen molar-refractivity contribution >= 4 is 12.0 Å². The van der Waals surface area contributed by atoms with Gasteiger partial charge in [-0.15, -0.1) is 0 Å². The van der Waals surface area contributed by atoms with E-state index in [-0.39, 0.29) is 0 Å². The maximum atomic E-state index is 13.0. The first kappa shape index (κ1) is 20.1. The first-order valence-corrected chi connectivity index (χ1v) is 11.0. The summed E-state index contributed by atoms with van der Waals surface area (Å²) in [5.74, 6) is 1.37. The van der Waals surface area contributed by atoms with Gasteiger partial charge in [0.2, 0.25) is 5.91 Å². The number of nitrogens with zero attached hydrogens (tertiary/aromatic N) is 1. The van der Waals surface area contributed by atoms with Crippen LogP contribution in [-0.2, 0) is 4.79 Å². The Balaban J connectivity index is 1.70. The van der Waals surface area contributed by atoms with Gasteiger partial charge in [0.1, 0.15) is 0 Å². The van der Waals surface area contributed by atoms with Gasteiger partial charge >= 0.3 is 0 Å². The SMILES string of the molecule is CCCCCC(=Cc1ccccc1)CN(CC1CCNCC1)C(=O)C1CC1. The molecule has 1 saturated carbocycles. The fourth-order valence-electron chi connectivity index (χ4n) is 4.03. The van der Waals surface area contributed by atoms with Gasteiger partial charge in [0.05, 0.1) is 0 Å². The predicted octanol–water partition coefficient (Wildman–Crippen LogP) is 4.89. The molecule has 0 spiro atoms. The Bertz CT molecular complexity index is 600. The van der Waals surface area contributed by atoms with Crippen LogP contribution in [0.15, 0.2) is 35.9 Å². The second-order valence-corrected chi connectivity index (χ2v) is 8.36. The Labute approximate surface area is 165 Å². The summed E-state index contributed by atoms with van der Waals surface area (Å²) in [5, 5.41) is 3.45. The summed E-state index contributed by atoms with van der Waals surface area (Å²) in [4.78, 5) is 15.2. The molecule has 1 aliphatic carbocycles. The number of hydrogen-bond acceptors (Lipinski definition) is 2. The molecule has 3 heteroatoms. The molecule has 2 aliphatic rings. The summed E-state index contributed by atoms with van der Waals surface area (Å²) >= 11 is 0. The fraction of sp³-hybridized carbons (Fsp3) is 0.625. The quantitative estimate of drug-likeness (QED) is 0.597. The van der Waals surface area contributed by atoms with E-state index in [1.807, 2.05) is 0 Å². The lowest BCUT2D eigenvalue weighted by Gasteiger charge is -2.31. The summed E-state index contributed by atoms with van der Waals surface area (Å²) < 4.78 is 0. The molecular formula is C24H36N2O. The van der Waals surface area contributed by atoms with Gasteiger partial charge in [0.15, 0.2) is 0 Å². The van der Waals surface area contributed by atoms with Crippen LogP contribution in [0.2, 0.25) is 0 Å². The van der Waals surface area contributed by atoms with Crippen LogP contribution in [0.1, 0.15) is 63.9 Å². The van der Waals surface area contributed by atoms with Crippen LogP contribution in [0.3, 0.4) is 0 Å². The van der Waals surface area contributed by atoms with Gasteiger partial charge in [-0.2, -0.15) is 0 Å². The monoisotopic (exact) mass is 368 g/mol. The molecule has 2 fully saturated rings. The van der Waals surface area contributed by atoms with Crippen molar-refractivity contribution in [2.75, 3.05) is 26.2 Å². The van der Waals surface area contributed by atoms with Crippen molar-refractivity contribution in [3.05, 3.63) is 41.5 Å². The third kappa shape index (κ3) is 6.80. The van der Waals surface area contributed by atoms with Gasteiger partial charge in [-0.1, -0.05) is 61.7 Å². The second kappa shape index (κ2) is 10.7. The van der Waals surface area contributed by atoms with Crippen LogP contribution in [0.5, 0.6) is 0 Å². The van der Waals surface area contributed by atoms with E-state index in [1.54, 1.807) is 0 Å². The van der Waals surface area contributed by atoms with Gasteiger partial charge in [-0.05, 0) is 63.1 Å². The third-order valence-corrected chi connectivity index (χ3v) is 5.84. The Morgan fingerprint density at radius 2 is 1.85 bits per heavy atom. The number of unbranched alkanes of at least 4 members (excludes halogenated alkanes) is 2. The molecule has 1 aromatic rings. The maximum Gasteiger partial charge on any atom is 0.225 e. The molecule has 1 aliphatic heterocycles. The van der Waals surface area contributed by atoms with Gasteiger partial charge in [-0.3, -0.25) is 4.79 Å². The molecule has 27 heavy (non-hydrogen) atoms. The van der Waals surface area contributed by atoms with Crippen LogP contribution in [-0.4, -0.2) is 37.0 Å². The zero-order valence-corrected chi connectivity index (χ0v) is 17.0. The molecule has 0 unspecified atom stereocenters. The number of amides is 1. The summed E-state index contributed by atoms with van der Waals surface area (Å²) in [7, 11) is 0. The van der Waals surface area contributed by atoms with E-state index < -0.39 is 0 Å². The van der Waals surface area contributed by atoms with Crippen molar-refractivity contribution in [2.45, 2.75) is 58.3 Å². The lowest BCUT2D eigenvalue weighted by atomic mass is 9.96. The molecule has 1 heterocycles. The molecule has 0 atom stereocenters. The number of rotatable bonds is 10. The first-order valence-electron chi connectivity index (χ1n) is 11.0. The van der Waals surface area contributed by atoms with Crippen molar-refractivity contribution in [1.82, 2.24) is 10.2 Å². The minimum atomic E-state index is 0.306. The average molecular weight is 369 g/mol. The van der Waals surface area contributed by atoms with Gasteiger partial charge in [0.25, 0.3) is 0 Å². The number of carbonyl (C=O) groups is 1. The molecule has 0 radical (unpaired) electrons. The van der Waals surface area contributed by atoms with Gasteiger partial charge < -0.3 is 10.2 Å². The van der Waals surface area contributed by atoms with Crippen molar-refractivity contribution in [2.24, 2.45) is 11.8 Å². The predicted molar refractivity (Wildman–Crippen MR) is 113 cm³/mol. The third-order valence-electron chi connectivity index (χ3n) is 5.84. The van der Waals surface area contributed by atoms with E-state index in [4.69, 9.17) is 0 Å². The second-order valence-electron chi connectivity index (χ2n) is 8.36. The molecule has 148 valence electrons. The van der Waals surface area contributed by atoms with E-state index in [1.165, 1.54) is 43.2 Å². The zero-order valence-electron chi connectivity index (χ0n) is 17.0. The number of piperidine rings is 1. The van der Waals surface area contributed by atoms with Crippen molar-refractivity contribution in [1.29, 1.82) is 0 Å². The van der Waals surface area contributed by atoms with Gasteiger partial charge in [-0.25, -0.2) is 0 Å². The zero-order chi connectivity index (χ0) is 18.9. The minimum Gasteiger partial charge on any atom is -0.338 e. The van der Waals surface area contributed by atoms with Crippen LogP contribution < -0.4 is 5.32 Å². The summed E-state index contributed by atoms with van der Waals surface area (Å²) in [6.07, 6.45) is 11.7. The molecule has 3 rings (SSSR count). The lowest BCUT2D eigenvalue weighted by Crippen LogP contribution is -2.41. The standard InChI is InChI=1S/C24H36N2O/c1-2-3-5-10-22(17-20-8-6-4-7-9-20)19-26(24(27)23-11-12-23)18-21-13-15-25-16-14-21/h4,6-9,17,21,23,25H,2-3,5,10-16,18-19H2,1H3. The molecule has 1 amide bonds. The topological polar surface area (TPSA) is 32.3 Å². The summed E-state index contributed by atoms with van der Waals surface area (Å²) in [6, 6.07) is 10.6. The molecule has 1 aromatic carbocycles. The number of benzene rings is 1. The Kier molecular flexibility index (Phi) is 7.94. The lowest BCUT2D eigenvalue weighted by molar-refractivity contribution is -0.132. The smallest absolute Gasteiger partial charge is 0.225 e. The highest BCUT2D eigenvalue weighted by atomic mass is 16.2. The van der Waals surface area contributed by atoms with Crippen molar-refractivity contribution < 1.29 is 4.79 Å². The summed E-state index contributed by atoms with van der Waals surface area (Å²) in [5.41, 5.74) is 2.67. The molecular weight excluding hydrogens is 332 g/mol. The van der Waals surface area contributed by atoms with E-state index in [0.717, 1.165) is 45.4 Å². The Hall–Kier alpha value is -1.61. The molecule has 1 N–H and O–H groups in total. The van der Waals surface area contributed by atoms with E-state index in [0.29, 0.717) is 17.7 Å². The Morgan fingerprint density at radius 1 is 1.11 bits per heavy atom. The largest absolute Gasteiger partial charge is 0.338 e.